The van der Waals surface area contributed by atoms with E-state index >= 15 is 0 Å². The van der Waals surface area contributed by atoms with Gasteiger partial charge in [-0.05, 0) is 48.7 Å². The Hall–Kier alpha value is -2.14. The van der Waals surface area contributed by atoms with Crippen molar-refractivity contribution in [2.75, 3.05) is 7.05 Å². The number of aryl methyl sites for hydroxylation is 2. The lowest BCUT2D eigenvalue weighted by Gasteiger charge is -2.04. The first-order valence-electron chi connectivity index (χ1n) is 6.17. The van der Waals surface area contributed by atoms with Crippen molar-refractivity contribution in [3.05, 3.63) is 44.9 Å². The van der Waals surface area contributed by atoms with Crippen LogP contribution >= 0.6 is 11.3 Å². The fourth-order valence-corrected chi connectivity index (χ4v) is 2.61. The molecule has 4 nitrogen and oxygen atoms in total. The summed E-state index contributed by atoms with van der Waals surface area (Å²) in [5, 5.41) is 13.1. The number of thiazole rings is 1. The van der Waals surface area contributed by atoms with E-state index in [0.29, 0.717) is 10.6 Å². The first kappa shape index (κ1) is 14.3. The standard InChI is InChI=1S/C15H16N2O2S/c1-9-6-11(7-10(2)14(9)18)4-5-13-17-8-12(20-13)15(19)16-3/h4-8,18H,1-3H3,(H,16,19)/b5-4-. The Kier molecular flexibility index (Phi) is 4.20. The molecule has 0 bridgehead atoms. The van der Waals surface area contributed by atoms with E-state index in [1.807, 2.05) is 38.1 Å². The van der Waals surface area contributed by atoms with E-state index in [1.165, 1.54) is 11.3 Å². The van der Waals surface area contributed by atoms with Gasteiger partial charge in [0, 0.05) is 7.05 Å². The smallest absolute Gasteiger partial charge is 0.262 e. The number of amides is 1. The van der Waals surface area contributed by atoms with Crippen LogP contribution in [0.2, 0.25) is 0 Å². The summed E-state index contributed by atoms with van der Waals surface area (Å²) in [6.07, 6.45) is 5.35. The highest BCUT2D eigenvalue weighted by molar-refractivity contribution is 7.14. The van der Waals surface area contributed by atoms with Crippen LogP contribution < -0.4 is 5.32 Å². The molecule has 0 atom stereocenters. The zero-order chi connectivity index (χ0) is 14.7. The van der Waals surface area contributed by atoms with Gasteiger partial charge in [0.1, 0.15) is 15.6 Å². The summed E-state index contributed by atoms with van der Waals surface area (Å²) < 4.78 is 0. The van der Waals surface area contributed by atoms with Crippen LogP contribution in [0, 0.1) is 13.8 Å². The number of hydrogen-bond donors (Lipinski definition) is 2. The molecule has 20 heavy (non-hydrogen) atoms. The van der Waals surface area contributed by atoms with Crippen LogP contribution in [0.4, 0.5) is 0 Å². The van der Waals surface area contributed by atoms with Crippen LogP contribution in [0.25, 0.3) is 12.2 Å². The van der Waals surface area contributed by atoms with E-state index < -0.39 is 0 Å². The molecule has 2 aromatic rings. The lowest BCUT2D eigenvalue weighted by Crippen LogP contribution is -2.16. The summed E-state index contributed by atoms with van der Waals surface area (Å²) in [5.74, 6) is 0.205. The molecular weight excluding hydrogens is 272 g/mol. The van der Waals surface area contributed by atoms with Crippen LogP contribution in [0.3, 0.4) is 0 Å². The molecule has 0 fully saturated rings. The van der Waals surface area contributed by atoms with E-state index in [2.05, 4.69) is 10.3 Å². The van der Waals surface area contributed by atoms with Crippen molar-refractivity contribution in [2.24, 2.45) is 0 Å². The number of carbonyl (C=O) groups excluding carboxylic acids is 1. The van der Waals surface area contributed by atoms with Crippen LogP contribution in [0.15, 0.2) is 18.3 Å². The molecule has 5 heteroatoms. The molecule has 0 aliphatic carbocycles. The highest BCUT2D eigenvalue weighted by Gasteiger charge is 2.07. The molecule has 0 unspecified atom stereocenters. The highest BCUT2D eigenvalue weighted by Crippen LogP contribution is 2.24. The van der Waals surface area contributed by atoms with Gasteiger partial charge < -0.3 is 10.4 Å². The number of phenolic OH excluding ortho intramolecular Hbond substituents is 1. The topological polar surface area (TPSA) is 62.2 Å². The summed E-state index contributed by atoms with van der Waals surface area (Å²) in [6.45, 7) is 3.74. The molecule has 0 saturated heterocycles. The van der Waals surface area contributed by atoms with E-state index in [0.717, 1.165) is 21.7 Å². The zero-order valence-corrected chi connectivity index (χ0v) is 12.4. The molecule has 1 heterocycles. The van der Waals surface area contributed by atoms with Crippen LogP contribution in [-0.4, -0.2) is 23.0 Å². The van der Waals surface area contributed by atoms with E-state index in [-0.39, 0.29) is 5.91 Å². The molecule has 2 rings (SSSR count). The van der Waals surface area contributed by atoms with Gasteiger partial charge in [0.25, 0.3) is 5.91 Å². The van der Waals surface area contributed by atoms with Crippen molar-refractivity contribution in [1.82, 2.24) is 10.3 Å². The van der Waals surface area contributed by atoms with Crippen molar-refractivity contribution in [1.29, 1.82) is 0 Å². The molecule has 0 spiro atoms. The van der Waals surface area contributed by atoms with Crippen molar-refractivity contribution in [3.63, 3.8) is 0 Å². The fraction of sp³-hybridized carbons (Fsp3) is 0.200. The normalized spacial score (nSPS) is 10.9. The molecule has 2 N–H and O–H groups in total. The Morgan fingerprint density at radius 1 is 1.30 bits per heavy atom. The second kappa shape index (κ2) is 5.88. The van der Waals surface area contributed by atoms with Gasteiger partial charge in [-0.1, -0.05) is 6.08 Å². The zero-order valence-electron chi connectivity index (χ0n) is 11.6. The molecule has 104 valence electrons. The molecule has 0 saturated carbocycles. The van der Waals surface area contributed by atoms with Crippen molar-refractivity contribution in [3.8, 4) is 5.75 Å². The number of nitrogens with one attached hydrogen (secondary N) is 1. The number of carbonyl (C=O) groups is 1. The first-order chi connectivity index (χ1) is 9.51. The number of benzene rings is 1. The number of aromatic hydroxyl groups is 1. The maximum absolute atomic E-state index is 11.4. The van der Waals surface area contributed by atoms with Crippen LogP contribution in [0.5, 0.6) is 5.75 Å². The Balaban J connectivity index is 2.21. The lowest BCUT2D eigenvalue weighted by molar-refractivity contribution is 0.0967. The van der Waals surface area contributed by atoms with Gasteiger partial charge in [-0.2, -0.15) is 0 Å². The van der Waals surface area contributed by atoms with E-state index in [1.54, 1.807) is 13.2 Å². The van der Waals surface area contributed by atoms with Gasteiger partial charge in [-0.3, -0.25) is 4.79 Å². The molecule has 1 aromatic heterocycles. The molecule has 1 amide bonds. The summed E-state index contributed by atoms with van der Waals surface area (Å²) in [4.78, 5) is 16.2. The second-order valence-electron chi connectivity index (χ2n) is 4.48. The summed E-state index contributed by atoms with van der Waals surface area (Å²) in [6, 6.07) is 3.82. The quantitative estimate of drug-likeness (QED) is 0.912. The average Bonchev–Trinajstić information content (AvgIpc) is 2.90. The Morgan fingerprint density at radius 3 is 2.55 bits per heavy atom. The Labute approximate surface area is 121 Å². The predicted octanol–water partition coefficient (Wildman–Crippen LogP) is 3.00. The largest absolute Gasteiger partial charge is 0.507 e. The fourth-order valence-electron chi connectivity index (χ4n) is 1.85. The minimum absolute atomic E-state index is 0.126. The SMILES string of the molecule is CNC(=O)c1cnc(/C=C\c2cc(C)c(O)c(C)c2)s1. The second-order valence-corrected chi connectivity index (χ2v) is 5.54. The number of rotatable bonds is 3. The van der Waals surface area contributed by atoms with E-state index in [4.69, 9.17) is 0 Å². The maximum atomic E-state index is 11.4. The maximum Gasteiger partial charge on any atom is 0.262 e. The van der Waals surface area contributed by atoms with E-state index in [9.17, 15) is 9.90 Å². The van der Waals surface area contributed by atoms with Crippen molar-refractivity contribution in [2.45, 2.75) is 13.8 Å². The number of hydrogen-bond acceptors (Lipinski definition) is 4. The van der Waals surface area contributed by atoms with Crippen LogP contribution in [-0.2, 0) is 0 Å². The third kappa shape index (κ3) is 3.05. The van der Waals surface area contributed by atoms with Gasteiger partial charge in [0.05, 0.1) is 6.20 Å². The van der Waals surface area contributed by atoms with Gasteiger partial charge in [-0.25, -0.2) is 4.98 Å². The van der Waals surface area contributed by atoms with Crippen molar-refractivity contribution < 1.29 is 9.90 Å². The Bertz CT molecular complexity index is 651. The third-order valence-electron chi connectivity index (χ3n) is 2.91. The molecule has 0 aliphatic rings. The van der Waals surface area contributed by atoms with Gasteiger partial charge in [0.15, 0.2) is 0 Å². The average molecular weight is 288 g/mol. The Morgan fingerprint density at radius 2 is 1.95 bits per heavy atom. The van der Waals surface area contributed by atoms with Gasteiger partial charge in [-0.15, -0.1) is 11.3 Å². The number of nitrogens with zero attached hydrogens (tertiary/aromatic N) is 1. The summed E-state index contributed by atoms with van der Waals surface area (Å²) >= 11 is 1.34. The molecule has 0 aliphatic heterocycles. The highest BCUT2D eigenvalue weighted by atomic mass is 32.1. The monoisotopic (exact) mass is 288 g/mol. The predicted molar refractivity (Wildman–Crippen MR) is 82.0 cm³/mol. The molecule has 0 radical (unpaired) electrons. The number of phenols is 1. The van der Waals surface area contributed by atoms with Crippen molar-refractivity contribution >= 4 is 29.4 Å². The first-order valence-corrected chi connectivity index (χ1v) is 6.99. The lowest BCUT2D eigenvalue weighted by atomic mass is 10.1. The minimum atomic E-state index is -0.126. The third-order valence-corrected chi connectivity index (χ3v) is 3.87. The molecule has 1 aromatic carbocycles. The number of aromatic nitrogens is 1. The minimum Gasteiger partial charge on any atom is -0.507 e. The summed E-state index contributed by atoms with van der Waals surface area (Å²) in [7, 11) is 1.60. The molecular formula is C15H16N2O2S. The van der Waals surface area contributed by atoms with Gasteiger partial charge >= 0.3 is 0 Å². The summed E-state index contributed by atoms with van der Waals surface area (Å²) in [5.41, 5.74) is 2.68. The van der Waals surface area contributed by atoms with Gasteiger partial charge in [0.2, 0.25) is 0 Å². The van der Waals surface area contributed by atoms with Crippen LogP contribution in [0.1, 0.15) is 31.4 Å².